The van der Waals surface area contributed by atoms with Crippen LogP contribution >= 0.6 is 23.5 Å². The fraction of sp³-hybridized carbons (Fsp3) is 0.0862. The minimum absolute atomic E-state index is 0.0283. The van der Waals surface area contributed by atoms with E-state index in [9.17, 15) is 0 Å². The Kier molecular flexibility index (Phi) is 8.92. The highest BCUT2D eigenvalue weighted by Gasteiger charge is 2.35. The zero-order valence-corrected chi connectivity index (χ0v) is 38.3. The molecule has 0 aliphatic carbocycles. The lowest BCUT2D eigenvalue weighted by atomic mass is 9.88. The third-order valence-electron chi connectivity index (χ3n) is 13.0. The zero-order chi connectivity index (χ0) is 44.1. The Morgan fingerprint density at radius 2 is 1.14 bits per heavy atom. The van der Waals surface area contributed by atoms with Gasteiger partial charge in [0.25, 0.3) is 0 Å². The van der Waals surface area contributed by atoms with Crippen LogP contribution in [-0.2, 0) is 5.41 Å². The molecule has 0 amide bonds. The predicted octanol–water partition coefficient (Wildman–Crippen LogP) is 16.6. The molecule has 0 bridgehead atoms. The van der Waals surface area contributed by atoms with E-state index in [4.69, 9.17) is 9.72 Å². The summed E-state index contributed by atoms with van der Waals surface area (Å²) in [6, 6.07) is 67.7. The number of rotatable bonds is 6. The maximum atomic E-state index is 6.83. The van der Waals surface area contributed by atoms with Gasteiger partial charge in [0.15, 0.2) is 0 Å². The Balaban J connectivity index is 0.858. The van der Waals surface area contributed by atoms with Gasteiger partial charge >= 0.3 is 0 Å². The number of aromatic nitrogens is 2. The monoisotopic (exact) mass is 889 g/mol. The first kappa shape index (κ1) is 39.0. The summed E-state index contributed by atoms with van der Waals surface area (Å²) in [5.41, 5.74) is 14.0. The van der Waals surface area contributed by atoms with Crippen LogP contribution in [0, 0.1) is 0 Å². The van der Waals surface area contributed by atoms with Gasteiger partial charge in [-0.1, -0.05) is 123 Å². The van der Waals surface area contributed by atoms with Gasteiger partial charge in [0.1, 0.15) is 24.0 Å². The maximum absolute atomic E-state index is 6.83. The highest BCUT2D eigenvalue weighted by molar-refractivity contribution is 8.00. The molecule has 8 aromatic carbocycles. The lowest BCUT2D eigenvalue weighted by Crippen LogP contribution is -2.25. The summed E-state index contributed by atoms with van der Waals surface area (Å²) in [5, 5.41) is 2.32. The van der Waals surface area contributed by atoms with Crippen molar-refractivity contribution in [2.24, 2.45) is 0 Å². The fourth-order valence-electron chi connectivity index (χ4n) is 9.80. The number of para-hydroxylation sites is 4. The predicted molar refractivity (Wildman–Crippen MR) is 274 cm³/mol. The lowest BCUT2D eigenvalue weighted by Gasteiger charge is -2.39. The summed E-state index contributed by atoms with van der Waals surface area (Å²) < 4.78 is 9.11. The van der Waals surface area contributed by atoms with E-state index in [1.165, 1.54) is 70.1 Å². The van der Waals surface area contributed by atoms with Crippen LogP contribution in [-0.4, -0.2) is 16.2 Å². The molecule has 0 spiro atoms. The number of nitrogens with zero attached hydrogens (tertiary/aromatic N) is 5. The highest BCUT2D eigenvalue weighted by atomic mass is 32.2. The van der Waals surface area contributed by atoms with E-state index in [2.05, 4.69) is 222 Å². The summed E-state index contributed by atoms with van der Waals surface area (Å²) in [6.07, 6.45) is 1.93. The van der Waals surface area contributed by atoms with Crippen molar-refractivity contribution < 1.29 is 4.74 Å². The molecule has 0 N–H and O–H groups in total. The lowest BCUT2D eigenvalue weighted by molar-refractivity contribution is 0.483. The number of hydrogen-bond donors (Lipinski definition) is 0. The summed E-state index contributed by atoms with van der Waals surface area (Å²) in [5.74, 6) is 2.42. The van der Waals surface area contributed by atoms with Crippen LogP contribution in [0.15, 0.2) is 214 Å². The van der Waals surface area contributed by atoms with Gasteiger partial charge in [-0.15, -0.1) is 0 Å². The first-order valence-corrected chi connectivity index (χ1v) is 24.0. The summed E-state index contributed by atoms with van der Waals surface area (Å²) in [6.45, 7) is 7.40. The van der Waals surface area contributed by atoms with Crippen LogP contribution in [0.2, 0.25) is 0 Å². The standard InChI is InChI=1S/C58H43N5OS2/c1-58(2,3)39-28-29-59-56(31-39)62-46-27-24-38(37-14-5-4-6-15-37)30-45(46)44-26-25-43(35-51(44)62)64-42-17-13-16-40(32-42)60-36-61(48-19-8-7-18-47(48)60)41-33-54-57-55(34-41)66-53-23-12-10-21-50(53)63(57)49-20-9-11-22-52(49)65-54/h4-35H,36H2,1-3H3. The molecule has 318 valence electrons. The molecule has 10 aromatic rings. The van der Waals surface area contributed by atoms with Crippen molar-refractivity contribution in [3.63, 3.8) is 0 Å². The number of benzene rings is 8. The molecule has 13 rings (SSSR count). The smallest absolute Gasteiger partial charge is 0.137 e. The van der Waals surface area contributed by atoms with Crippen molar-refractivity contribution in [3.8, 4) is 28.4 Å². The van der Waals surface area contributed by atoms with Crippen molar-refractivity contribution in [2.45, 2.75) is 45.8 Å². The molecule has 3 aliphatic heterocycles. The van der Waals surface area contributed by atoms with Crippen molar-refractivity contribution in [1.29, 1.82) is 0 Å². The van der Waals surface area contributed by atoms with E-state index in [1.54, 1.807) is 0 Å². The Hall–Kier alpha value is -7.39. The quantitative estimate of drug-likeness (QED) is 0.165. The minimum Gasteiger partial charge on any atom is -0.457 e. The number of ether oxygens (including phenoxy) is 1. The number of hydrogen-bond acceptors (Lipinski definition) is 7. The van der Waals surface area contributed by atoms with Crippen LogP contribution in [0.5, 0.6) is 11.5 Å². The van der Waals surface area contributed by atoms with Crippen LogP contribution in [0.4, 0.5) is 39.8 Å². The van der Waals surface area contributed by atoms with Gasteiger partial charge in [-0.3, -0.25) is 4.57 Å². The normalized spacial score (nSPS) is 13.7. The zero-order valence-electron chi connectivity index (χ0n) is 36.6. The topological polar surface area (TPSA) is 36.8 Å². The number of anilines is 7. The number of pyridine rings is 1. The first-order valence-electron chi connectivity index (χ1n) is 22.4. The molecule has 3 aliphatic rings. The molecule has 66 heavy (non-hydrogen) atoms. The third kappa shape index (κ3) is 6.38. The number of fused-ring (bicyclic) bond motifs is 8. The average molecular weight is 890 g/mol. The second-order valence-electron chi connectivity index (χ2n) is 18.1. The Morgan fingerprint density at radius 3 is 1.85 bits per heavy atom. The van der Waals surface area contributed by atoms with Gasteiger partial charge in [-0.2, -0.15) is 0 Å². The van der Waals surface area contributed by atoms with Gasteiger partial charge in [-0.25, -0.2) is 4.98 Å². The molecular formula is C58H43N5OS2. The van der Waals surface area contributed by atoms with Gasteiger partial charge in [0, 0.05) is 60.1 Å². The van der Waals surface area contributed by atoms with Crippen LogP contribution in [0.3, 0.4) is 0 Å². The molecule has 2 aromatic heterocycles. The largest absolute Gasteiger partial charge is 0.457 e. The molecule has 0 atom stereocenters. The van der Waals surface area contributed by atoms with Crippen LogP contribution in [0.25, 0.3) is 38.8 Å². The molecule has 5 heterocycles. The summed E-state index contributed by atoms with van der Waals surface area (Å²) in [7, 11) is 0. The second kappa shape index (κ2) is 15.1. The summed E-state index contributed by atoms with van der Waals surface area (Å²) in [4.78, 5) is 17.3. The van der Waals surface area contributed by atoms with E-state index < -0.39 is 0 Å². The Morgan fingerprint density at radius 1 is 0.485 bits per heavy atom. The minimum atomic E-state index is -0.0283. The molecule has 0 saturated heterocycles. The first-order chi connectivity index (χ1) is 32.3. The molecule has 0 fully saturated rings. The molecule has 0 radical (unpaired) electrons. The molecular weight excluding hydrogens is 847 g/mol. The van der Waals surface area contributed by atoms with Crippen LogP contribution < -0.4 is 19.4 Å². The molecule has 0 saturated carbocycles. The van der Waals surface area contributed by atoms with Crippen molar-refractivity contribution >= 4 is 85.1 Å². The Labute approximate surface area is 392 Å². The van der Waals surface area contributed by atoms with E-state index >= 15 is 0 Å². The van der Waals surface area contributed by atoms with Crippen molar-refractivity contribution in [3.05, 3.63) is 200 Å². The highest BCUT2D eigenvalue weighted by Crippen LogP contribution is 2.61. The van der Waals surface area contributed by atoms with Gasteiger partial charge in [0.05, 0.1) is 39.5 Å². The van der Waals surface area contributed by atoms with Gasteiger partial charge in [0.2, 0.25) is 0 Å². The molecule has 8 heteroatoms. The van der Waals surface area contributed by atoms with E-state index in [-0.39, 0.29) is 5.41 Å². The maximum Gasteiger partial charge on any atom is 0.137 e. The molecule has 6 nitrogen and oxygen atoms in total. The van der Waals surface area contributed by atoms with Crippen molar-refractivity contribution in [1.82, 2.24) is 9.55 Å². The van der Waals surface area contributed by atoms with Gasteiger partial charge in [-0.05, 0) is 119 Å². The third-order valence-corrected chi connectivity index (χ3v) is 15.2. The SMILES string of the molecule is CC(C)(C)c1ccnc(-n2c3ccc(-c4ccccc4)cc3c3ccc(Oc4cccc(N5CN(c6cc7c8c(c6)Sc6ccccc6N8c6ccccc6S7)c6ccccc65)c4)cc32)c1. The van der Waals surface area contributed by atoms with E-state index in [1.807, 2.05) is 35.8 Å². The Bertz CT molecular complexity index is 3510. The molecule has 0 unspecified atom stereocenters. The fourth-order valence-corrected chi connectivity index (χ4v) is 12.1. The second-order valence-corrected chi connectivity index (χ2v) is 20.3. The van der Waals surface area contributed by atoms with Crippen molar-refractivity contribution in [2.75, 3.05) is 21.4 Å². The average Bonchev–Trinajstić information content (AvgIpc) is 3.90. The van der Waals surface area contributed by atoms with Crippen LogP contribution in [0.1, 0.15) is 26.3 Å². The van der Waals surface area contributed by atoms with Gasteiger partial charge < -0.3 is 19.4 Å². The van der Waals surface area contributed by atoms with E-state index in [0.29, 0.717) is 6.67 Å². The summed E-state index contributed by atoms with van der Waals surface area (Å²) >= 11 is 3.73. The van der Waals surface area contributed by atoms with E-state index in [0.717, 1.165) is 45.1 Å².